The van der Waals surface area contributed by atoms with Gasteiger partial charge in [-0.05, 0) is 68.4 Å². The van der Waals surface area contributed by atoms with Gasteiger partial charge in [0.15, 0.2) is 11.5 Å². The van der Waals surface area contributed by atoms with Gasteiger partial charge in [-0.25, -0.2) is 0 Å². The van der Waals surface area contributed by atoms with E-state index in [-0.39, 0.29) is 17.7 Å². The Kier molecular flexibility index (Phi) is 6.75. The maximum absolute atomic E-state index is 6.06. The molecule has 4 rings (SSSR count). The van der Waals surface area contributed by atoms with E-state index in [2.05, 4.69) is 88.3 Å². The van der Waals surface area contributed by atoms with Gasteiger partial charge in [0.2, 0.25) is 6.79 Å². The number of nitrogens with zero attached hydrogens (tertiary/aromatic N) is 2. The molecule has 2 atom stereocenters. The Balaban J connectivity index is 1.60. The first-order valence-electron chi connectivity index (χ1n) is 11.7. The van der Waals surface area contributed by atoms with Crippen molar-refractivity contribution in [3.63, 3.8) is 0 Å². The van der Waals surface area contributed by atoms with Crippen molar-refractivity contribution in [2.24, 2.45) is 10.9 Å². The SMILES string of the molecule is CC(C)[C@@H](COC(C)(C)C)N=CN1CCc2cc3c(cc2[C@@H]1Cc1ccccc1)OCO3. The molecule has 0 aromatic heterocycles. The Morgan fingerprint density at radius 2 is 1.84 bits per heavy atom. The number of fused-ring (bicyclic) bond motifs is 2. The predicted octanol–water partition coefficient (Wildman–Crippen LogP) is 5.43. The molecule has 2 aliphatic heterocycles. The van der Waals surface area contributed by atoms with Crippen LogP contribution < -0.4 is 9.47 Å². The summed E-state index contributed by atoms with van der Waals surface area (Å²) >= 11 is 0. The van der Waals surface area contributed by atoms with Gasteiger partial charge in [0.25, 0.3) is 0 Å². The standard InChI is InChI=1S/C27H36N2O3/c1-19(2)23(16-32-27(3,4)5)28-17-29-12-11-21-14-25-26(31-18-30-25)15-22(21)24(29)13-20-9-7-6-8-10-20/h6-10,14-15,17,19,23-24H,11-13,16,18H2,1-5H3/t23-,24+/m1/s1. The zero-order chi connectivity index (χ0) is 22.7. The first-order chi connectivity index (χ1) is 15.3. The number of benzene rings is 2. The maximum atomic E-state index is 6.06. The smallest absolute Gasteiger partial charge is 0.231 e. The van der Waals surface area contributed by atoms with Gasteiger partial charge in [-0.3, -0.25) is 4.99 Å². The van der Waals surface area contributed by atoms with E-state index < -0.39 is 0 Å². The van der Waals surface area contributed by atoms with Gasteiger partial charge in [-0.2, -0.15) is 0 Å². The third-order valence-electron chi connectivity index (χ3n) is 6.17. The third kappa shape index (κ3) is 5.44. The van der Waals surface area contributed by atoms with Crippen molar-refractivity contribution < 1.29 is 14.2 Å². The first kappa shape index (κ1) is 22.7. The quantitative estimate of drug-likeness (QED) is 0.429. The number of hydrogen-bond donors (Lipinski definition) is 0. The van der Waals surface area contributed by atoms with E-state index in [0.29, 0.717) is 19.3 Å². The van der Waals surface area contributed by atoms with E-state index in [9.17, 15) is 0 Å². The molecule has 172 valence electrons. The molecule has 0 saturated carbocycles. The predicted molar refractivity (Wildman–Crippen MR) is 129 cm³/mol. The summed E-state index contributed by atoms with van der Waals surface area (Å²) in [5.41, 5.74) is 3.81. The van der Waals surface area contributed by atoms with Crippen LogP contribution >= 0.6 is 0 Å². The summed E-state index contributed by atoms with van der Waals surface area (Å²) in [6.07, 6.45) is 3.95. The van der Waals surface area contributed by atoms with E-state index in [1.165, 1.54) is 16.7 Å². The molecule has 0 saturated heterocycles. The Hall–Kier alpha value is -2.53. The van der Waals surface area contributed by atoms with Crippen LogP contribution in [-0.4, -0.2) is 42.8 Å². The molecular weight excluding hydrogens is 400 g/mol. The van der Waals surface area contributed by atoms with Crippen LogP contribution in [0.2, 0.25) is 0 Å². The molecule has 5 nitrogen and oxygen atoms in total. The topological polar surface area (TPSA) is 43.3 Å². The van der Waals surface area contributed by atoms with Crippen molar-refractivity contribution in [2.75, 3.05) is 19.9 Å². The van der Waals surface area contributed by atoms with Crippen LogP contribution in [0.4, 0.5) is 0 Å². The second-order valence-electron chi connectivity index (χ2n) is 10.1. The monoisotopic (exact) mass is 436 g/mol. The van der Waals surface area contributed by atoms with Crippen LogP contribution in [0.3, 0.4) is 0 Å². The summed E-state index contributed by atoms with van der Waals surface area (Å²) in [6.45, 7) is 12.6. The average molecular weight is 437 g/mol. The highest BCUT2D eigenvalue weighted by Gasteiger charge is 2.29. The van der Waals surface area contributed by atoms with Crippen molar-refractivity contribution in [2.45, 2.75) is 65.1 Å². The van der Waals surface area contributed by atoms with E-state index in [4.69, 9.17) is 19.2 Å². The normalized spacial score (nSPS) is 18.9. The molecular formula is C27H36N2O3. The van der Waals surface area contributed by atoms with Crippen LogP contribution in [0.15, 0.2) is 47.5 Å². The molecule has 5 heteroatoms. The maximum Gasteiger partial charge on any atom is 0.231 e. The summed E-state index contributed by atoms with van der Waals surface area (Å²) in [5.74, 6) is 2.12. The summed E-state index contributed by atoms with van der Waals surface area (Å²) in [4.78, 5) is 7.40. The molecule has 2 aromatic rings. The van der Waals surface area contributed by atoms with Crippen LogP contribution in [0.1, 0.15) is 57.4 Å². The minimum Gasteiger partial charge on any atom is -0.454 e. The van der Waals surface area contributed by atoms with Crippen LogP contribution in [0, 0.1) is 5.92 Å². The number of ether oxygens (including phenoxy) is 3. The molecule has 0 aliphatic carbocycles. The summed E-state index contributed by atoms with van der Waals surface area (Å²) in [7, 11) is 0. The number of aliphatic imine (C=N–C) groups is 1. The number of hydrogen-bond acceptors (Lipinski definition) is 4. The molecule has 2 aromatic carbocycles. The zero-order valence-corrected chi connectivity index (χ0v) is 20.0. The van der Waals surface area contributed by atoms with Gasteiger partial charge in [-0.15, -0.1) is 0 Å². The van der Waals surface area contributed by atoms with E-state index >= 15 is 0 Å². The lowest BCUT2D eigenvalue weighted by molar-refractivity contribution is -0.0145. The van der Waals surface area contributed by atoms with Gasteiger partial charge < -0.3 is 19.1 Å². The molecule has 2 heterocycles. The van der Waals surface area contributed by atoms with Gasteiger partial charge in [0, 0.05) is 6.54 Å². The Morgan fingerprint density at radius 1 is 1.12 bits per heavy atom. The molecule has 0 fully saturated rings. The minimum atomic E-state index is -0.162. The Morgan fingerprint density at radius 3 is 2.53 bits per heavy atom. The summed E-state index contributed by atoms with van der Waals surface area (Å²) in [6, 6.07) is 15.4. The highest BCUT2D eigenvalue weighted by Crippen LogP contribution is 2.41. The fourth-order valence-electron chi connectivity index (χ4n) is 4.23. The highest BCUT2D eigenvalue weighted by molar-refractivity contribution is 5.60. The fourth-order valence-corrected chi connectivity index (χ4v) is 4.23. The van der Waals surface area contributed by atoms with Crippen molar-refractivity contribution >= 4 is 6.34 Å². The summed E-state index contributed by atoms with van der Waals surface area (Å²) < 4.78 is 17.4. The van der Waals surface area contributed by atoms with Crippen molar-refractivity contribution in [1.82, 2.24) is 4.90 Å². The second-order valence-corrected chi connectivity index (χ2v) is 10.1. The van der Waals surface area contributed by atoms with Crippen molar-refractivity contribution in [1.29, 1.82) is 0 Å². The lowest BCUT2D eigenvalue weighted by Crippen LogP contribution is -2.37. The minimum absolute atomic E-state index is 0.129. The highest BCUT2D eigenvalue weighted by atomic mass is 16.7. The molecule has 0 spiro atoms. The molecule has 0 radical (unpaired) electrons. The van der Waals surface area contributed by atoms with Crippen molar-refractivity contribution in [3.05, 3.63) is 59.2 Å². The average Bonchev–Trinajstić information content (AvgIpc) is 3.20. The van der Waals surface area contributed by atoms with Gasteiger partial charge in [-0.1, -0.05) is 44.2 Å². The lowest BCUT2D eigenvalue weighted by Gasteiger charge is -2.37. The van der Waals surface area contributed by atoms with Gasteiger partial charge in [0.05, 0.1) is 30.6 Å². The van der Waals surface area contributed by atoms with Crippen LogP contribution in [-0.2, 0) is 17.6 Å². The Labute approximate surface area is 192 Å². The van der Waals surface area contributed by atoms with Gasteiger partial charge in [0.1, 0.15) is 0 Å². The molecule has 0 N–H and O–H groups in total. The number of rotatable bonds is 7. The first-order valence-corrected chi connectivity index (χ1v) is 11.7. The Bertz CT molecular complexity index is 934. The van der Waals surface area contributed by atoms with E-state index in [0.717, 1.165) is 30.9 Å². The largest absolute Gasteiger partial charge is 0.454 e. The molecule has 32 heavy (non-hydrogen) atoms. The molecule has 0 bridgehead atoms. The fraction of sp³-hybridized carbons (Fsp3) is 0.519. The van der Waals surface area contributed by atoms with Crippen LogP contribution in [0.25, 0.3) is 0 Å². The molecule has 0 amide bonds. The van der Waals surface area contributed by atoms with Gasteiger partial charge >= 0.3 is 0 Å². The van der Waals surface area contributed by atoms with Crippen molar-refractivity contribution in [3.8, 4) is 11.5 Å². The summed E-state index contributed by atoms with van der Waals surface area (Å²) in [5, 5.41) is 0. The van der Waals surface area contributed by atoms with E-state index in [1.54, 1.807) is 0 Å². The van der Waals surface area contributed by atoms with Crippen LogP contribution in [0.5, 0.6) is 11.5 Å². The molecule has 2 aliphatic rings. The zero-order valence-electron chi connectivity index (χ0n) is 20.0. The van der Waals surface area contributed by atoms with E-state index in [1.807, 2.05) is 0 Å². The molecule has 0 unspecified atom stereocenters. The third-order valence-corrected chi connectivity index (χ3v) is 6.17. The lowest BCUT2D eigenvalue weighted by atomic mass is 9.88. The second kappa shape index (κ2) is 9.53.